The second-order valence-electron chi connectivity index (χ2n) is 4.49. The Morgan fingerprint density at radius 3 is 2.78 bits per heavy atom. The van der Waals surface area contributed by atoms with Crippen LogP contribution in [0.15, 0.2) is 45.8 Å². The van der Waals surface area contributed by atoms with E-state index < -0.39 is 0 Å². The van der Waals surface area contributed by atoms with Gasteiger partial charge < -0.3 is 5.32 Å². The van der Waals surface area contributed by atoms with Gasteiger partial charge >= 0.3 is 0 Å². The van der Waals surface area contributed by atoms with Gasteiger partial charge in [0, 0.05) is 21.2 Å². The molecule has 0 fully saturated rings. The van der Waals surface area contributed by atoms with Crippen molar-refractivity contribution in [3.63, 3.8) is 0 Å². The fourth-order valence-electron chi connectivity index (χ4n) is 1.71. The molecule has 0 aromatic heterocycles. The Hall–Kier alpha value is -0.250. The van der Waals surface area contributed by atoms with Crippen LogP contribution in [-0.2, 0) is 0 Å². The third-order valence-corrected chi connectivity index (χ3v) is 4.88. The lowest BCUT2D eigenvalue weighted by Crippen LogP contribution is -2.31. The van der Waals surface area contributed by atoms with Gasteiger partial charge in [-0.05, 0) is 54.4 Å². The van der Waals surface area contributed by atoms with Crippen LogP contribution < -0.4 is 5.32 Å². The molecule has 0 aliphatic carbocycles. The van der Waals surface area contributed by atoms with Crippen molar-refractivity contribution in [3.8, 4) is 0 Å². The number of allylic oxidation sites excluding steroid dienone is 1. The zero-order valence-corrected chi connectivity index (χ0v) is 13.6. The number of benzene rings is 1. The first-order valence-corrected chi connectivity index (χ1v) is 8.16. The van der Waals surface area contributed by atoms with Crippen LogP contribution >= 0.6 is 27.7 Å². The van der Waals surface area contributed by atoms with Crippen molar-refractivity contribution < 1.29 is 0 Å². The number of hydrogen-bond donors (Lipinski definition) is 1. The Morgan fingerprint density at radius 1 is 1.44 bits per heavy atom. The molecule has 1 rings (SSSR count). The lowest BCUT2D eigenvalue weighted by molar-refractivity contribution is 0.537. The molecule has 1 N–H and O–H groups in total. The molecule has 0 aliphatic rings. The zero-order chi connectivity index (χ0) is 13.4. The molecule has 1 atom stereocenters. The van der Waals surface area contributed by atoms with Gasteiger partial charge in [-0.1, -0.05) is 24.6 Å². The van der Waals surface area contributed by atoms with E-state index in [9.17, 15) is 0 Å². The maximum absolute atomic E-state index is 3.98. The molecule has 1 unspecified atom stereocenters. The van der Waals surface area contributed by atoms with E-state index in [2.05, 4.69) is 65.9 Å². The quantitative estimate of drug-likeness (QED) is 0.539. The van der Waals surface area contributed by atoms with E-state index in [1.165, 1.54) is 21.4 Å². The van der Waals surface area contributed by atoms with Crippen LogP contribution in [0.5, 0.6) is 0 Å². The summed E-state index contributed by atoms with van der Waals surface area (Å²) < 4.78 is 1.19. The highest BCUT2D eigenvalue weighted by Crippen LogP contribution is 2.28. The first-order chi connectivity index (χ1) is 8.63. The lowest BCUT2D eigenvalue weighted by atomic mass is 10.1. The van der Waals surface area contributed by atoms with Crippen LogP contribution in [0.1, 0.15) is 26.7 Å². The van der Waals surface area contributed by atoms with Crippen LogP contribution in [0.4, 0.5) is 0 Å². The number of hydrogen-bond acceptors (Lipinski definition) is 2. The van der Waals surface area contributed by atoms with Gasteiger partial charge in [0.2, 0.25) is 0 Å². The van der Waals surface area contributed by atoms with E-state index >= 15 is 0 Å². The van der Waals surface area contributed by atoms with Gasteiger partial charge in [0.15, 0.2) is 0 Å². The predicted molar refractivity (Wildman–Crippen MR) is 86.4 cm³/mol. The van der Waals surface area contributed by atoms with Crippen molar-refractivity contribution in [3.05, 3.63) is 40.9 Å². The molecule has 100 valence electrons. The summed E-state index contributed by atoms with van der Waals surface area (Å²) in [7, 11) is 0. The molecule has 0 saturated heterocycles. The number of rotatable bonds is 8. The average molecular weight is 328 g/mol. The summed E-state index contributed by atoms with van der Waals surface area (Å²) in [5.41, 5.74) is 1.27. The molecular weight excluding hydrogens is 306 g/mol. The van der Waals surface area contributed by atoms with Crippen molar-refractivity contribution in [2.45, 2.75) is 37.6 Å². The summed E-state index contributed by atoms with van der Waals surface area (Å²) in [6.07, 6.45) is 2.27. The fourth-order valence-corrected chi connectivity index (χ4v) is 3.38. The Morgan fingerprint density at radius 2 is 2.17 bits per heavy atom. The molecule has 3 heteroatoms. The Labute approximate surface area is 124 Å². The van der Waals surface area contributed by atoms with Gasteiger partial charge in [-0.25, -0.2) is 0 Å². The highest BCUT2D eigenvalue weighted by Gasteiger charge is 2.09. The second-order valence-corrected chi connectivity index (χ2v) is 6.41. The molecule has 0 bridgehead atoms. The highest BCUT2D eigenvalue weighted by atomic mass is 79.9. The minimum Gasteiger partial charge on any atom is -0.313 e. The maximum atomic E-state index is 3.98. The number of nitrogens with one attached hydrogen (secondary N) is 1. The fraction of sp³-hybridized carbons (Fsp3) is 0.467. The Kier molecular flexibility index (Phi) is 7.71. The van der Waals surface area contributed by atoms with E-state index in [0.717, 1.165) is 18.7 Å². The first-order valence-electron chi connectivity index (χ1n) is 6.38. The van der Waals surface area contributed by atoms with E-state index in [1.54, 1.807) is 0 Å². The smallest absolute Gasteiger partial charge is 0.0311 e. The van der Waals surface area contributed by atoms with Crippen LogP contribution in [0.25, 0.3) is 0 Å². The van der Waals surface area contributed by atoms with Gasteiger partial charge in [0.25, 0.3) is 0 Å². The van der Waals surface area contributed by atoms with Crippen LogP contribution in [0.2, 0.25) is 0 Å². The minimum atomic E-state index is 0.559. The van der Waals surface area contributed by atoms with Crippen molar-refractivity contribution >= 4 is 27.7 Å². The van der Waals surface area contributed by atoms with Crippen LogP contribution in [0, 0.1) is 0 Å². The molecule has 0 aliphatic heterocycles. The van der Waals surface area contributed by atoms with Gasteiger partial charge in [-0.15, -0.1) is 18.3 Å². The van der Waals surface area contributed by atoms with E-state index in [1.807, 2.05) is 11.8 Å². The Balaban J connectivity index is 2.46. The standard InChI is InChI=1S/C15H22BrNS/c1-4-17-13(10-9-12(2)3)11-18-15-8-6-5-7-14(15)16/h5-8,13,17H,2,4,9-11H2,1,3H3. The molecule has 0 heterocycles. The molecule has 1 aromatic carbocycles. The second kappa shape index (κ2) is 8.78. The SMILES string of the molecule is C=C(C)CCC(CSc1ccccc1Br)NCC. The van der Waals surface area contributed by atoms with Gasteiger partial charge in [0.05, 0.1) is 0 Å². The summed E-state index contributed by atoms with van der Waals surface area (Å²) in [4.78, 5) is 1.32. The molecule has 0 saturated carbocycles. The number of halogens is 1. The van der Waals surface area contributed by atoms with Crippen molar-refractivity contribution in [1.29, 1.82) is 0 Å². The highest BCUT2D eigenvalue weighted by molar-refractivity contribution is 9.10. The maximum Gasteiger partial charge on any atom is 0.0311 e. The molecule has 0 amide bonds. The largest absolute Gasteiger partial charge is 0.313 e. The minimum absolute atomic E-state index is 0.559. The normalized spacial score (nSPS) is 12.4. The summed E-state index contributed by atoms with van der Waals surface area (Å²) in [6, 6.07) is 8.96. The Bertz CT molecular complexity index is 379. The predicted octanol–water partition coefficient (Wildman–Crippen LogP) is 4.88. The number of thioether (sulfide) groups is 1. The van der Waals surface area contributed by atoms with E-state index in [4.69, 9.17) is 0 Å². The third-order valence-electron chi connectivity index (χ3n) is 2.69. The van der Waals surface area contributed by atoms with Gasteiger partial charge in [-0.3, -0.25) is 0 Å². The summed E-state index contributed by atoms with van der Waals surface area (Å²) in [5.74, 6) is 1.10. The summed E-state index contributed by atoms with van der Waals surface area (Å²) >= 11 is 5.50. The zero-order valence-electron chi connectivity index (χ0n) is 11.2. The molecular formula is C15H22BrNS. The molecule has 1 nitrogen and oxygen atoms in total. The van der Waals surface area contributed by atoms with E-state index in [-0.39, 0.29) is 0 Å². The monoisotopic (exact) mass is 327 g/mol. The topological polar surface area (TPSA) is 12.0 Å². The summed E-state index contributed by atoms with van der Waals surface area (Å²) in [5, 5.41) is 3.55. The van der Waals surface area contributed by atoms with Crippen LogP contribution in [0.3, 0.4) is 0 Å². The third kappa shape index (κ3) is 6.07. The van der Waals surface area contributed by atoms with Gasteiger partial charge in [-0.2, -0.15) is 0 Å². The van der Waals surface area contributed by atoms with Crippen molar-refractivity contribution in [2.75, 3.05) is 12.3 Å². The summed E-state index contributed by atoms with van der Waals surface area (Å²) in [6.45, 7) is 9.27. The first kappa shape index (κ1) is 15.8. The average Bonchev–Trinajstić information content (AvgIpc) is 2.34. The van der Waals surface area contributed by atoms with Crippen molar-refractivity contribution in [1.82, 2.24) is 5.32 Å². The lowest BCUT2D eigenvalue weighted by Gasteiger charge is -2.17. The molecule has 1 aromatic rings. The molecule has 18 heavy (non-hydrogen) atoms. The van der Waals surface area contributed by atoms with Crippen LogP contribution in [-0.4, -0.2) is 18.3 Å². The molecule has 0 radical (unpaired) electrons. The molecule has 0 spiro atoms. The van der Waals surface area contributed by atoms with Gasteiger partial charge in [0.1, 0.15) is 0 Å². The van der Waals surface area contributed by atoms with Crippen molar-refractivity contribution in [2.24, 2.45) is 0 Å². The van der Waals surface area contributed by atoms with E-state index in [0.29, 0.717) is 6.04 Å².